The fourth-order valence-corrected chi connectivity index (χ4v) is 1.34. The second-order valence-corrected chi connectivity index (χ2v) is 3.09. The summed E-state index contributed by atoms with van der Waals surface area (Å²) in [6.07, 6.45) is -3.98. The van der Waals surface area contributed by atoms with E-state index in [-0.39, 0.29) is 21.2 Å². The summed E-state index contributed by atoms with van der Waals surface area (Å²) in [7, 11) is 0. The Kier molecular flexibility index (Phi) is 2.11. The molecule has 0 bridgehead atoms. The van der Waals surface area contributed by atoms with Gasteiger partial charge in [0.2, 0.25) is 0 Å². The maximum absolute atomic E-state index is 12.5. The summed E-state index contributed by atoms with van der Waals surface area (Å²) in [6.45, 7) is 0. The van der Waals surface area contributed by atoms with Gasteiger partial charge in [-0.3, -0.25) is 0 Å². The number of rotatable bonds is 1. The van der Waals surface area contributed by atoms with Gasteiger partial charge in [0.05, 0.1) is 16.6 Å². The van der Waals surface area contributed by atoms with Gasteiger partial charge in [0.1, 0.15) is 6.33 Å². The molecule has 2 aromatic rings. The number of hydrogen-bond acceptors (Lipinski definition) is 2. The summed E-state index contributed by atoms with van der Waals surface area (Å²) in [5, 5.41) is 8.66. The van der Waals surface area contributed by atoms with Crippen molar-refractivity contribution >= 4 is 17.0 Å². The van der Waals surface area contributed by atoms with Gasteiger partial charge in [0, 0.05) is 0 Å². The van der Waals surface area contributed by atoms with E-state index in [2.05, 4.69) is 4.98 Å². The van der Waals surface area contributed by atoms with E-state index in [1.165, 1.54) is 12.1 Å². The van der Waals surface area contributed by atoms with E-state index in [1.807, 2.05) is 0 Å². The summed E-state index contributed by atoms with van der Waals surface area (Å²) in [5.74, 6) is -1.28. The average molecular weight is 230 g/mol. The van der Waals surface area contributed by atoms with Crippen molar-refractivity contribution in [3.63, 3.8) is 0 Å². The summed E-state index contributed by atoms with van der Waals surface area (Å²) in [4.78, 5) is 14.2. The highest BCUT2D eigenvalue weighted by molar-refractivity contribution is 5.92. The SMILES string of the molecule is O=C(O)c1ccc2ncn(C(F)(F)F)c2c1. The van der Waals surface area contributed by atoms with Gasteiger partial charge in [-0.1, -0.05) is 0 Å². The molecule has 0 atom stereocenters. The lowest BCUT2D eigenvalue weighted by molar-refractivity contribution is -0.201. The Hall–Kier alpha value is -2.05. The van der Waals surface area contributed by atoms with Gasteiger partial charge >= 0.3 is 12.3 Å². The van der Waals surface area contributed by atoms with Crippen LogP contribution in [0.25, 0.3) is 11.0 Å². The lowest BCUT2D eigenvalue weighted by Crippen LogP contribution is -2.15. The summed E-state index contributed by atoms with van der Waals surface area (Å²) < 4.78 is 37.4. The predicted molar refractivity (Wildman–Crippen MR) is 48.0 cm³/mol. The van der Waals surface area contributed by atoms with Gasteiger partial charge < -0.3 is 5.11 Å². The van der Waals surface area contributed by atoms with Crippen LogP contribution in [0.5, 0.6) is 0 Å². The van der Waals surface area contributed by atoms with Gasteiger partial charge in [-0.2, -0.15) is 0 Å². The summed E-state index contributed by atoms with van der Waals surface area (Å²) >= 11 is 0. The van der Waals surface area contributed by atoms with Crippen LogP contribution in [0.15, 0.2) is 24.5 Å². The lowest BCUT2D eigenvalue weighted by atomic mass is 10.2. The van der Waals surface area contributed by atoms with E-state index < -0.39 is 12.3 Å². The first-order valence-corrected chi connectivity index (χ1v) is 4.17. The topological polar surface area (TPSA) is 55.1 Å². The van der Waals surface area contributed by atoms with Crippen LogP contribution < -0.4 is 0 Å². The number of aromatic carboxylic acids is 1. The van der Waals surface area contributed by atoms with E-state index in [0.29, 0.717) is 6.33 Å². The average Bonchev–Trinajstić information content (AvgIpc) is 2.58. The van der Waals surface area contributed by atoms with Crippen LogP contribution in [0.2, 0.25) is 0 Å². The number of fused-ring (bicyclic) bond motifs is 1. The number of alkyl halides is 3. The zero-order chi connectivity index (χ0) is 11.9. The predicted octanol–water partition coefficient (Wildman–Crippen LogP) is 2.21. The van der Waals surface area contributed by atoms with E-state index >= 15 is 0 Å². The maximum Gasteiger partial charge on any atom is 0.490 e. The van der Waals surface area contributed by atoms with Crippen LogP contribution in [0.4, 0.5) is 13.2 Å². The Balaban J connectivity index is 2.70. The standard InChI is InChI=1S/C9H5F3N2O2/c10-9(11,12)14-4-13-6-2-1-5(8(15)16)3-7(6)14/h1-4H,(H,15,16). The number of imidazole rings is 1. The van der Waals surface area contributed by atoms with E-state index in [1.54, 1.807) is 0 Å². The van der Waals surface area contributed by atoms with Crippen molar-refractivity contribution in [2.45, 2.75) is 6.30 Å². The normalized spacial score (nSPS) is 11.9. The molecule has 1 heterocycles. The smallest absolute Gasteiger partial charge is 0.478 e. The van der Waals surface area contributed by atoms with Gasteiger partial charge in [-0.05, 0) is 18.2 Å². The van der Waals surface area contributed by atoms with Crippen LogP contribution in [0.3, 0.4) is 0 Å². The Labute approximate surface area is 86.9 Å². The Morgan fingerprint density at radius 1 is 1.38 bits per heavy atom. The minimum atomic E-state index is -4.61. The number of carboxylic acid groups (broad SMARTS) is 1. The number of benzene rings is 1. The number of carbonyl (C=O) groups is 1. The third kappa shape index (κ3) is 1.60. The number of halogens is 3. The van der Waals surface area contributed by atoms with Crippen molar-refractivity contribution < 1.29 is 23.1 Å². The fraction of sp³-hybridized carbons (Fsp3) is 0.111. The monoisotopic (exact) mass is 230 g/mol. The third-order valence-corrected chi connectivity index (χ3v) is 2.07. The van der Waals surface area contributed by atoms with Gasteiger partial charge in [-0.25, -0.2) is 14.3 Å². The molecule has 0 spiro atoms. The van der Waals surface area contributed by atoms with Crippen molar-refractivity contribution in [3.05, 3.63) is 30.1 Å². The second-order valence-electron chi connectivity index (χ2n) is 3.09. The zero-order valence-corrected chi connectivity index (χ0v) is 7.69. The minimum absolute atomic E-state index is 0.0191. The maximum atomic E-state index is 12.5. The van der Waals surface area contributed by atoms with Crippen LogP contribution in [0.1, 0.15) is 10.4 Å². The quantitative estimate of drug-likeness (QED) is 0.817. The van der Waals surface area contributed by atoms with Crippen molar-refractivity contribution in [1.29, 1.82) is 0 Å². The molecule has 4 nitrogen and oxygen atoms in total. The molecule has 0 amide bonds. The van der Waals surface area contributed by atoms with Crippen LogP contribution >= 0.6 is 0 Å². The molecule has 1 aromatic heterocycles. The molecule has 84 valence electrons. The highest BCUT2D eigenvalue weighted by Crippen LogP contribution is 2.27. The van der Waals surface area contributed by atoms with Crippen LogP contribution in [-0.4, -0.2) is 20.6 Å². The molecule has 0 aliphatic carbocycles. The Morgan fingerprint density at radius 2 is 2.06 bits per heavy atom. The number of nitrogens with zero attached hydrogens (tertiary/aromatic N) is 2. The highest BCUT2D eigenvalue weighted by atomic mass is 19.4. The summed E-state index contributed by atoms with van der Waals surface area (Å²) in [5.41, 5.74) is -0.381. The van der Waals surface area contributed by atoms with Gasteiger partial charge in [-0.15, -0.1) is 13.2 Å². The number of aromatic nitrogens is 2. The van der Waals surface area contributed by atoms with E-state index in [9.17, 15) is 18.0 Å². The molecule has 1 N–H and O–H groups in total. The first-order chi connectivity index (χ1) is 7.39. The second kappa shape index (κ2) is 3.22. The first kappa shape index (κ1) is 10.5. The highest BCUT2D eigenvalue weighted by Gasteiger charge is 2.32. The molecule has 0 saturated heterocycles. The Bertz CT molecular complexity index is 559. The van der Waals surface area contributed by atoms with Crippen LogP contribution in [-0.2, 0) is 6.30 Å². The van der Waals surface area contributed by atoms with Crippen molar-refractivity contribution in [2.75, 3.05) is 0 Å². The first-order valence-electron chi connectivity index (χ1n) is 4.17. The molecular formula is C9H5F3N2O2. The Morgan fingerprint density at radius 3 is 2.62 bits per heavy atom. The lowest BCUT2D eigenvalue weighted by Gasteiger charge is -2.07. The van der Waals surface area contributed by atoms with E-state index in [4.69, 9.17) is 5.11 Å². The molecule has 7 heteroatoms. The van der Waals surface area contributed by atoms with Gasteiger partial charge in [0.25, 0.3) is 0 Å². The molecule has 0 unspecified atom stereocenters. The van der Waals surface area contributed by atoms with Crippen LogP contribution in [0, 0.1) is 0 Å². The summed E-state index contributed by atoms with van der Waals surface area (Å²) in [6, 6.07) is 3.39. The van der Waals surface area contributed by atoms with Crippen molar-refractivity contribution in [1.82, 2.24) is 9.55 Å². The molecule has 16 heavy (non-hydrogen) atoms. The molecular weight excluding hydrogens is 225 g/mol. The minimum Gasteiger partial charge on any atom is -0.478 e. The molecule has 0 radical (unpaired) electrons. The zero-order valence-electron chi connectivity index (χ0n) is 7.69. The van der Waals surface area contributed by atoms with Crippen molar-refractivity contribution in [2.24, 2.45) is 0 Å². The van der Waals surface area contributed by atoms with Crippen molar-refractivity contribution in [3.8, 4) is 0 Å². The molecule has 0 fully saturated rings. The molecule has 2 rings (SSSR count). The molecule has 0 aliphatic rings. The number of carboxylic acids is 1. The number of hydrogen-bond donors (Lipinski definition) is 1. The van der Waals surface area contributed by atoms with E-state index in [0.717, 1.165) is 6.07 Å². The van der Waals surface area contributed by atoms with Gasteiger partial charge in [0.15, 0.2) is 0 Å². The fourth-order valence-electron chi connectivity index (χ4n) is 1.34. The molecule has 0 saturated carbocycles. The molecule has 0 aliphatic heterocycles. The molecule has 1 aromatic carbocycles. The largest absolute Gasteiger partial charge is 0.490 e. The third-order valence-electron chi connectivity index (χ3n) is 2.07.